The summed E-state index contributed by atoms with van der Waals surface area (Å²) in [5.41, 5.74) is 0.257. The van der Waals surface area contributed by atoms with E-state index in [-0.39, 0.29) is 56.9 Å². The maximum Gasteiger partial charge on any atom is 1.00 e. The van der Waals surface area contributed by atoms with Gasteiger partial charge in [0.25, 0.3) is 0 Å². The van der Waals surface area contributed by atoms with Crippen molar-refractivity contribution in [1.82, 2.24) is 5.32 Å². The zero-order chi connectivity index (χ0) is 9.07. The van der Waals surface area contributed by atoms with Gasteiger partial charge in [-0.15, -0.1) is 0 Å². The average molecular weight is 195 g/mol. The van der Waals surface area contributed by atoms with E-state index in [0.717, 1.165) is 6.42 Å². The van der Waals surface area contributed by atoms with Crippen LogP contribution in [0.5, 0.6) is 0 Å². The molecule has 0 fully saturated rings. The van der Waals surface area contributed by atoms with Crippen molar-refractivity contribution in [2.75, 3.05) is 0 Å². The molecule has 0 radical (unpaired) electrons. The molecule has 0 heterocycles. The molecule has 0 rings (SSSR count). The fraction of sp³-hybridized carbons (Fsp3) is 0.900. The van der Waals surface area contributed by atoms with E-state index in [0.29, 0.717) is 6.04 Å². The topological polar surface area (TPSA) is 12.0 Å². The third-order valence-electron chi connectivity index (χ3n) is 1.47. The van der Waals surface area contributed by atoms with E-state index in [2.05, 4.69) is 46.9 Å². The first-order chi connectivity index (χ1) is 4.83. The van der Waals surface area contributed by atoms with Gasteiger partial charge in [-0.25, -0.2) is 0 Å². The van der Waals surface area contributed by atoms with Gasteiger partial charge < -0.3 is 11.2 Å². The third-order valence-corrected chi connectivity index (χ3v) is 1.47. The molecule has 0 saturated heterocycles. The summed E-state index contributed by atoms with van der Waals surface area (Å²) in [6.45, 7) is 13.2. The van der Waals surface area contributed by atoms with Gasteiger partial charge in [0, 0.05) is 6.04 Å². The summed E-state index contributed by atoms with van der Waals surface area (Å²) in [6.07, 6.45) is 1.16. The monoisotopic (exact) mass is 195 g/mol. The molecular weight excluding hydrogens is 173 g/mol. The van der Waals surface area contributed by atoms with E-state index in [4.69, 9.17) is 0 Å². The molecule has 0 aromatic heterocycles. The minimum Gasteiger partial charge on any atom is -0.318 e. The van der Waals surface area contributed by atoms with Crippen LogP contribution in [-0.2, 0) is 0 Å². The molecule has 0 aromatic rings. The number of rotatable bonds is 4. The summed E-state index contributed by atoms with van der Waals surface area (Å²) in [4.78, 5) is 0. The molecule has 0 spiro atoms. The summed E-state index contributed by atoms with van der Waals surface area (Å²) >= 11 is 0. The first kappa shape index (κ1) is 16.0. The van der Waals surface area contributed by atoms with Crippen LogP contribution in [0.1, 0.15) is 48.0 Å². The van der Waals surface area contributed by atoms with Crippen molar-refractivity contribution in [3.8, 4) is 0 Å². The first-order valence-corrected chi connectivity index (χ1v) is 4.40. The van der Waals surface area contributed by atoms with E-state index >= 15 is 0 Å². The Morgan fingerprint density at radius 1 is 1.25 bits per heavy atom. The van der Waals surface area contributed by atoms with Gasteiger partial charge in [-0.2, -0.15) is 20.3 Å². The van der Waals surface area contributed by atoms with Crippen LogP contribution in [0, 0.1) is 5.92 Å². The van der Waals surface area contributed by atoms with E-state index in [1.165, 1.54) is 5.92 Å². The molecule has 0 aliphatic heterocycles. The number of hydrogen-bond acceptors (Lipinski definition) is 1. The Morgan fingerprint density at radius 3 is 1.92 bits per heavy atom. The van der Waals surface area contributed by atoms with Crippen molar-refractivity contribution in [2.45, 2.75) is 59.5 Å². The molecule has 0 atom stereocenters. The quantitative estimate of drug-likeness (QED) is 0.483. The molecule has 0 aliphatic carbocycles. The minimum absolute atomic E-state index is 0. The minimum atomic E-state index is 0. The SMILES string of the molecule is C[C-](C)CC(C)(C)NC(C)C.[K+]. The van der Waals surface area contributed by atoms with Crippen LogP contribution < -0.4 is 56.7 Å². The average Bonchev–Trinajstić information content (AvgIpc) is 1.53. The van der Waals surface area contributed by atoms with Gasteiger partial charge in [0.15, 0.2) is 0 Å². The van der Waals surface area contributed by atoms with Crippen LogP contribution >= 0.6 is 0 Å². The third kappa shape index (κ3) is 9.68. The van der Waals surface area contributed by atoms with Crippen LogP contribution in [0.3, 0.4) is 0 Å². The summed E-state index contributed by atoms with van der Waals surface area (Å²) < 4.78 is 0. The molecule has 2 heteroatoms. The molecule has 0 saturated carbocycles. The van der Waals surface area contributed by atoms with Gasteiger partial charge in [0.1, 0.15) is 0 Å². The summed E-state index contributed by atoms with van der Waals surface area (Å²) in [7, 11) is 0. The number of hydrogen-bond donors (Lipinski definition) is 1. The van der Waals surface area contributed by atoms with Crippen molar-refractivity contribution in [3.63, 3.8) is 0 Å². The van der Waals surface area contributed by atoms with E-state index in [1.54, 1.807) is 0 Å². The second-order valence-electron chi connectivity index (χ2n) is 4.57. The normalized spacial score (nSPS) is 12.0. The Balaban J connectivity index is 0. The van der Waals surface area contributed by atoms with Gasteiger partial charge >= 0.3 is 51.4 Å². The second kappa shape index (κ2) is 6.96. The first-order valence-electron chi connectivity index (χ1n) is 4.40. The molecule has 0 unspecified atom stereocenters. The van der Waals surface area contributed by atoms with Gasteiger partial charge in [-0.1, -0.05) is 13.8 Å². The molecule has 0 amide bonds. The van der Waals surface area contributed by atoms with Crippen molar-refractivity contribution in [2.24, 2.45) is 0 Å². The van der Waals surface area contributed by atoms with Crippen molar-refractivity contribution in [3.05, 3.63) is 5.92 Å². The molecule has 0 aliphatic rings. The largest absolute Gasteiger partial charge is 1.00 e. The zero-order valence-electron chi connectivity index (χ0n) is 9.78. The summed E-state index contributed by atoms with van der Waals surface area (Å²) in [6, 6.07) is 0.573. The molecule has 1 nitrogen and oxygen atoms in total. The van der Waals surface area contributed by atoms with Crippen LogP contribution in [-0.4, -0.2) is 11.6 Å². The van der Waals surface area contributed by atoms with Crippen LogP contribution in [0.25, 0.3) is 0 Å². The maximum absolute atomic E-state index is 3.53. The van der Waals surface area contributed by atoms with Crippen molar-refractivity contribution in [1.29, 1.82) is 0 Å². The predicted octanol–water partition coefficient (Wildman–Crippen LogP) is -0.229. The Bertz CT molecular complexity index is 96.4. The van der Waals surface area contributed by atoms with E-state index in [1.807, 2.05) is 0 Å². The van der Waals surface area contributed by atoms with Gasteiger partial charge in [-0.3, -0.25) is 0 Å². The Hall–Kier alpha value is 1.60. The van der Waals surface area contributed by atoms with Gasteiger partial charge in [0.2, 0.25) is 0 Å². The molecule has 0 aromatic carbocycles. The molecular formula is C10H22KN. The maximum atomic E-state index is 3.53. The smallest absolute Gasteiger partial charge is 0.318 e. The fourth-order valence-electron chi connectivity index (χ4n) is 1.72. The second-order valence-corrected chi connectivity index (χ2v) is 4.57. The number of nitrogens with one attached hydrogen (secondary N) is 1. The van der Waals surface area contributed by atoms with E-state index < -0.39 is 0 Å². The Labute approximate surface area is 120 Å². The van der Waals surface area contributed by atoms with Crippen LogP contribution in [0.2, 0.25) is 0 Å². The summed E-state index contributed by atoms with van der Waals surface area (Å²) in [5, 5.41) is 3.53. The molecule has 12 heavy (non-hydrogen) atoms. The standard InChI is InChI=1S/C10H22N.K/c1-8(2)7-10(5,6)11-9(3)4;/h9,11H,7H2,1-6H3;/q-1;+1. The molecule has 68 valence electrons. The van der Waals surface area contributed by atoms with Crippen molar-refractivity contribution < 1.29 is 51.4 Å². The molecule has 1 N–H and O–H groups in total. The summed E-state index contributed by atoms with van der Waals surface area (Å²) in [5.74, 6) is 1.49. The van der Waals surface area contributed by atoms with Gasteiger partial charge in [-0.05, 0) is 19.4 Å². The van der Waals surface area contributed by atoms with Crippen LogP contribution in [0.15, 0.2) is 0 Å². The van der Waals surface area contributed by atoms with Gasteiger partial charge in [0.05, 0.1) is 0 Å². The van der Waals surface area contributed by atoms with E-state index in [9.17, 15) is 0 Å². The molecule has 0 bridgehead atoms. The predicted molar refractivity (Wildman–Crippen MR) is 51.6 cm³/mol. The van der Waals surface area contributed by atoms with Crippen molar-refractivity contribution >= 4 is 0 Å². The fourth-order valence-corrected chi connectivity index (χ4v) is 1.72. The van der Waals surface area contributed by atoms with Crippen LogP contribution in [0.4, 0.5) is 0 Å². The Kier molecular flexibility index (Phi) is 9.31. The zero-order valence-corrected chi connectivity index (χ0v) is 12.9. The Morgan fingerprint density at radius 2 is 1.67 bits per heavy atom.